The highest BCUT2D eigenvalue weighted by Gasteiger charge is 2.20. The Bertz CT molecular complexity index is 790. The SMILES string of the molecule is O=C(CCN1Cc2ccc(I)cc2C1)c1ccc2c(c1)OCCO2. The van der Waals surface area contributed by atoms with Crippen molar-refractivity contribution in [3.8, 4) is 11.5 Å². The first-order valence-electron chi connectivity index (χ1n) is 8.11. The Balaban J connectivity index is 1.37. The Morgan fingerprint density at radius 1 is 1.00 bits per heavy atom. The maximum Gasteiger partial charge on any atom is 0.164 e. The number of ether oxygens (including phenoxy) is 2. The zero-order valence-corrected chi connectivity index (χ0v) is 15.4. The van der Waals surface area contributed by atoms with Gasteiger partial charge in [0.2, 0.25) is 0 Å². The molecule has 2 aliphatic heterocycles. The lowest BCUT2D eigenvalue weighted by atomic mass is 10.1. The highest BCUT2D eigenvalue weighted by molar-refractivity contribution is 14.1. The number of nitrogens with zero attached hydrogens (tertiary/aromatic N) is 1. The van der Waals surface area contributed by atoms with Crippen LogP contribution in [0, 0.1) is 3.57 Å². The van der Waals surface area contributed by atoms with Crippen molar-refractivity contribution in [3.05, 3.63) is 56.7 Å². The van der Waals surface area contributed by atoms with Gasteiger partial charge in [0, 0.05) is 35.2 Å². The van der Waals surface area contributed by atoms with E-state index in [2.05, 4.69) is 45.7 Å². The summed E-state index contributed by atoms with van der Waals surface area (Å²) in [6, 6.07) is 12.0. The summed E-state index contributed by atoms with van der Waals surface area (Å²) in [7, 11) is 0. The third-order valence-electron chi connectivity index (χ3n) is 4.48. The maximum absolute atomic E-state index is 12.5. The number of fused-ring (bicyclic) bond motifs is 2. The van der Waals surface area contributed by atoms with E-state index in [0.29, 0.717) is 30.9 Å². The van der Waals surface area contributed by atoms with Crippen LogP contribution in [0.15, 0.2) is 36.4 Å². The van der Waals surface area contributed by atoms with Crippen molar-refractivity contribution < 1.29 is 14.3 Å². The largest absolute Gasteiger partial charge is 0.486 e. The van der Waals surface area contributed by atoms with Gasteiger partial charge in [-0.2, -0.15) is 0 Å². The molecule has 0 fully saturated rings. The van der Waals surface area contributed by atoms with Crippen molar-refractivity contribution in [2.45, 2.75) is 19.5 Å². The van der Waals surface area contributed by atoms with E-state index in [1.54, 1.807) is 6.07 Å². The molecule has 4 rings (SSSR count). The summed E-state index contributed by atoms with van der Waals surface area (Å²) >= 11 is 2.34. The fourth-order valence-corrected chi connectivity index (χ4v) is 3.77. The average molecular weight is 435 g/mol. The van der Waals surface area contributed by atoms with E-state index in [4.69, 9.17) is 9.47 Å². The van der Waals surface area contributed by atoms with Crippen LogP contribution < -0.4 is 9.47 Å². The molecular weight excluding hydrogens is 417 g/mol. The second-order valence-corrected chi connectivity index (χ2v) is 7.40. The van der Waals surface area contributed by atoms with Crippen molar-refractivity contribution in [1.29, 1.82) is 0 Å². The molecular formula is C19H18INO3. The van der Waals surface area contributed by atoms with Gasteiger partial charge in [0.15, 0.2) is 17.3 Å². The predicted octanol–water partition coefficient (Wildman–Crippen LogP) is 3.65. The summed E-state index contributed by atoms with van der Waals surface area (Å²) in [4.78, 5) is 14.8. The minimum atomic E-state index is 0.150. The van der Waals surface area contributed by atoms with E-state index in [9.17, 15) is 4.79 Å². The fourth-order valence-electron chi connectivity index (χ4n) is 3.21. The van der Waals surface area contributed by atoms with Crippen LogP contribution in [0.3, 0.4) is 0 Å². The Morgan fingerprint density at radius 3 is 2.67 bits per heavy atom. The lowest BCUT2D eigenvalue weighted by Gasteiger charge is -2.19. The van der Waals surface area contributed by atoms with E-state index in [1.165, 1.54) is 14.7 Å². The summed E-state index contributed by atoms with van der Waals surface area (Å²) < 4.78 is 12.3. The lowest BCUT2D eigenvalue weighted by molar-refractivity contribution is 0.0962. The molecule has 4 nitrogen and oxygen atoms in total. The summed E-state index contributed by atoms with van der Waals surface area (Å²) in [5.41, 5.74) is 3.46. The molecule has 0 saturated heterocycles. The highest BCUT2D eigenvalue weighted by Crippen LogP contribution is 2.31. The summed E-state index contributed by atoms with van der Waals surface area (Å²) in [5, 5.41) is 0. The molecule has 0 amide bonds. The molecule has 24 heavy (non-hydrogen) atoms. The number of rotatable bonds is 4. The summed E-state index contributed by atoms with van der Waals surface area (Å²) in [6.45, 7) is 3.74. The number of Topliss-reactive ketones (excluding diaryl/α,β-unsaturated/α-hetero) is 1. The van der Waals surface area contributed by atoms with Gasteiger partial charge in [-0.3, -0.25) is 9.69 Å². The van der Waals surface area contributed by atoms with Crippen molar-refractivity contribution >= 4 is 28.4 Å². The number of carbonyl (C=O) groups is 1. The summed E-state index contributed by atoms with van der Waals surface area (Å²) in [5.74, 6) is 1.55. The van der Waals surface area contributed by atoms with Gasteiger partial charge in [0.05, 0.1) is 0 Å². The zero-order valence-electron chi connectivity index (χ0n) is 13.3. The Hall–Kier alpha value is -1.60. The minimum absolute atomic E-state index is 0.150. The maximum atomic E-state index is 12.5. The third kappa shape index (κ3) is 3.28. The minimum Gasteiger partial charge on any atom is -0.486 e. The molecule has 0 bridgehead atoms. The normalized spacial score (nSPS) is 16.0. The number of hydrogen-bond acceptors (Lipinski definition) is 4. The van der Waals surface area contributed by atoms with Crippen LogP contribution in [0.5, 0.6) is 11.5 Å². The third-order valence-corrected chi connectivity index (χ3v) is 5.15. The van der Waals surface area contributed by atoms with Gasteiger partial charge in [0.25, 0.3) is 0 Å². The van der Waals surface area contributed by atoms with Crippen LogP contribution in [-0.2, 0) is 13.1 Å². The van der Waals surface area contributed by atoms with Crippen LogP contribution in [-0.4, -0.2) is 30.4 Å². The summed E-state index contributed by atoms with van der Waals surface area (Å²) in [6.07, 6.45) is 0.519. The first kappa shape index (κ1) is 15.9. The number of hydrogen-bond donors (Lipinski definition) is 0. The topological polar surface area (TPSA) is 38.8 Å². The Kier molecular flexibility index (Phi) is 4.45. The molecule has 2 aliphatic rings. The second-order valence-electron chi connectivity index (χ2n) is 6.16. The van der Waals surface area contributed by atoms with E-state index in [0.717, 1.165) is 25.4 Å². The molecule has 0 aromatic heterocycles. The smallest absolute Gasteiger partial charge is 0.164 e. The first-order valence-corrected chi connectivity index (χ1v) is 9.19. The number of carbonyl (C=O) groups excluding carboxylic acids is 1. The van der Waals surface area contributed by atoms with Crippen molar-refractivity contribution in [1.82, 2.24) is 4.90 Å². The highest BCUT2D eigenvalue weighted by atomic mass is 127. The lowest BCUT2D eigenvalue weighted by Crippen LogP contribution is -2.20. The van der Waals surface area contributed by atoms with Crippen LogP contribution in [0.1, 0.15) is 27.9 Å². The molecule has 2 aromatic rings. The molecule has 0 N–H and O–H groups in total. The standard InChI is InChI=1S/C19H18INO3/c20-16-3-1-14-11-21(12-15(14)9-16)6-5-17(22)13-2-4-18-19(10-13)24-8-7-23-18/h1-4,9-10H,5-8,11-12H2. The number of benzene rings is 2. The second kappa shape index (κ2) is 6.72. The monoisotopic (exact) mass is 435 g/mol. The quantitative estimate of drug-likeness (QED) is 0.543. The van der Waals surface area contributed by atoms with Crippen LogP contribution in [0.2, 0.25) is 0 Å². The molecule has 0 atom stereocenters. The molecule has 124 valence electrons. The van der Waals surface area contributed by atoms with Crippen LogP contribution in [0.4, 0.5) is 0 Å². The van der Waals surface area contributed by atoms with Gasteiger partial charge in [-0.25, -0.2) is 0 Å². The van der Waals surface area contributed by atoms with Gasteiger partial charge in [0.1, 0.15) is 13.2 Å². The van der Waals surface area contributed by atoms with Crippen molar-refractivity contribution in [2.24, 2.45) is 0 Å². The van der Waals surface area contributed by atoms with Gasteiger partial charge >= 0.3 is 0 Å². The fraction of sp³-hybridized carbons (Fsp3) is 0.316. The zero-order chi connectivity index (χ0) is 16.5. The predicted molar refractivity (Wildman–Crippen MR) is 99.7 cm³/mol. The molecule has 0 spiro atoms. The van der Waals surface area contributed by atoms with Crippen LogP contribution in [0.25, 0.3) is 0 Å². The van der Waals surface area contributed by atoms with Crippen molar-refractivity contribution in [3.63, 3.8) is 0 Å². The van der Waals surface area contributed by atoms with Crippen molar-refractivity contribution in [2.75, 3.05) is 19.8 Å². The molecule has 0 unspecified atom stereocenters. The Morgan fingerprint density at radius 2 is 1.79 bits per heavy atom. The van der Waals surface area contributed by atoms with Gasteiger partial charge in [-0.15, -0.1) is 0 Å². The van der Waals surface area contributed by atoms with E-state index < -0.39 is 0 Å². The van der Waals surface area contributed by atoms with E-state index in [-0.39, 0.29) is 5.78 Å². The molecule has 0 aliphatic carbocycles. The average Bonchev–Trinajstić information content (AvgIpc) is 3.01. The number of ketones is 1. The Labute approximate surface area is 154 Å². The first-order chi connectivity index (χ1) is 11.7. The van der Waals surface area contributed by atoms with E-state index in [1.807, 2.05) is 12.1 Å². The van der Waals surface area contributed by atoms with Gasteiger partial charge in [-0.1, -0.05) is 6.07 Å². The van der Waals surface area contributed by atoms with Gasteiger partial charge < -0.3 is 9.47 Å². The van der Waals surface area contributed by atoms with Gasteiger partial charge in [-0.05, 0) is 64.0 Å². The van der Waals surface area contributed by atoms with E-state index >= 15 is 0 Å². The number of halogens is 1. The molecule has 0 saturated carbocycles. The molecule has 2 aromatic carbocycles. The van der Waals surface area contributed by atoms with Crippen LogP contribution >= 0.6 is 22.6 Å². The molecule has 2 heterocycles. The molecule has 0 radical (unpaired) electrons. The molecule has 5 heteroatoms.